The number of rotatable bonds is 6. The first-order valence-corrected chi connectivity index (χ1v) is 8.73. The van der Waals surface area contributed by atoms with Crippen LogP contribution in [0, 0.1) is 6.92 Å². The lowest BCUT2D eigenvalue weighted by atomic mass is 10.0. The van der Waals surface area contributed by atoms with Crippen LogP contribution in [0.1, 0.15) is 59.9 Å². The topological polar surface area (TPSA) is 85.8 Å². The molecule has 26 heavy (non-hydrogen) atoms. The summed E-state index contributed by atoms with van der Waals surface area (Å²) in [5.74, 6) is 0.582. The van der Waals surface area contributed by atoms with Crippen molar-refractivity contribution in [3.63, 3.8) is 0 Å². The number of aryl methyl sites for hydroxylation is 2. The van der Waals surface area contributed by atoms with Crippen molar-refractivity contribution in [1.29, 1.82) is 0 Å². The van der Waals surface area contributed by atoms with E-state index in [-0.39, 0.29) is 11.9 Å². The summed E-state index contributed by atoms with van der Waals surface area (Å²) in [6.07, 6.45) is 0.519. The molecule has 0 fully saturated rings. The Kier molecular flexibility index (Phi) is 5.16. The van der Waals surface area contributed by atoms with Crippen LogP contribution in [0.5, 0.6) is 0 Å². The Morgan fingerprint density at radius 3 is 2.58 bits per heavy atom. The summed E-state index contributed by atoms with van der Waals surface area (Å²) >= 11 is 0. The van der Waals surface area contributed by atoms with Crippen molar-refractivity contribution in [2.75, 3.05) is 5.32 Å². The van der Waals surface area contributed by atoms with E-state index in [0.717, 1.165) is 11.3 Å². The number of amides is 1. The van der Waals surface area contributed by atoms with Gasteiger partial charge < -0.3 is 4.42 Å². The molecule has 2 heterocycles. The van der Waals surface area contributed by atoms with Crippen LogP contribution in [-0.4, -0.2) is 25.9 Å². The lowest BCUT2D eigenvalue weighted by Gasteiger charge is -2.05. The molecule has 0 aliphatic heterocycles. The van der Waals surface area contributed by atoms with Crippen molar-refractivity contribution in [2.45, 2.75) is 46.6 Å². The van der Waals surface area contributed by atoms with Crippen molar-refractivity contribution < 1.29 is 9.21 Å². The Morgan fingerprint density at radius 1 is 1.23 bits per heavy atom. The molecule has 0 aliphatic carbocycles. The summed E-state index contributed by atoms with van der Waals surface area (Å²) in [5, 5.41) is 14.7. The molecule has 1 N–H and O–H groups in total. The first kappa shape index (κ1) is 17.8. The molecule has 0 saturated heterocycles. The van der Waals surface area contributed by atoms with Crippen LogP contribution in [0.25, 0.3) is 0 Å². The third-order valence-corrected chi connectivity index (χ3v) is 4.20. The quantitative estimate of drug-likeness (QED) is 0.732. The van der Waals surface area contributed by atoms with E-state index in [1.54, 1.807) is 10.7 Å². The van der Waals surface area contributed by atoms with Gasteiger partial charge in [0, 0.05) is 12.2 Å². The van der Waals surface area contributed by atoms with Gasteiger partial charge >= 0.3 is 6.01 Å². The molecule has 1 amide bonds. The van der Waals surface area contributed by atoms with E-state index in [4.69, 9.17) is 4.42 Å². The minimum Gasteiger partial charge on any atom is -0.407 e. The van der Waals surface area contributed by atoms with E-state index in [0.29, 0.717) is 30.5 Å². The normalized spacial score (nSPS) is 11.1. The highest BCUT2D eigenvalue weighted by Crippen LogP contribution is 2.17. The molecule has 0 saturated carbocycles. The van der Waals surface area contributed by atoms with Crippen LogP contribution < -0.4 is 5.32 Å². The average molecular weight is 353 g/mol. The fraction of sp³-hybridized carbons (Fsp3) is 0.368. The van der Waals surface area contributed by atoms with Gasteiger partial charge in [-0.05, 0) is 37.0 Å². The third-order valence-electron chi connectivity index (χ3n) is 4.20. The number of hydrogen-bond acceptors (Lipinski definition) is 5. The van der Waals surface area contributed by atoms with Crippen LogP contribution >= 0.6 is 0 Å². The molecule has 0 radical (unpaired) electrons. The first-order chi connectivity index (χ1) is 12.5. The van der Waals surface area contributed by atoms with Gasteiger partial charge in [0.2, 0.25) is 5.89 Å². The standard InChI is InChI=1S/C19H23N5O2/c1-5-24-13(4)10-16(23-24)18(25)20-19-22-21-17(26-19)11-14-6-8-15(9-7-14)12(2)3/h6-10,12H,5,11H2,1-4H3,(H,20,22,25). The summed E-state index contributed by atoms with van der Waals surface area (Å²) in [7, 11) is 0. The predicted octanol–water partition coefficient (Wildman–Crippen LogP) is 3.56. The molecule has 3 rings (SSSR count). The van der Waals surface area contributed by atoms with Crippen molar-refractivity contribution in [2.24, 2.45) is 0 Å². The van der Waals surface area contributed by atoms with E-state index in [2.05, 4.69) is 58.7 Å². The molecular weight excluding hydrogens is 330 g/mol. The smallest absolute Gasteiger partial charge is 0.322 e. The van der Waals surface area contributed by atoms with Gasteiger partial charge in [0.15, 0.2) is 5.69 Å². The molecular formula is C19H23N5O2. The molecule has 2 aromatic heterocycles. The number of nitrogens with one attached hydrogen (secondary N) is 1. The fourth-order valence-electron chi connectivity index (χ4n) is 2.67. The lowest BCUT2D eigenvalue weighted by molar-refractivity contribution is 0.101. The van der Waals surface area contributed by atoms with Crippen molar-refractivity contribution in [3.8, 4) is 0 Å². The monoisotopic (exact) mass is 353 g/mol. The highest BCUT2D eigenvalue weighted by molar-refractivity contribution is 6.01. The summed E-state index contributed by atoms with van der Waals surface area (Å²) in [4.78, 5) is 12.2. The molecule has 0 aliphatic rings. The Balaban J connectivity index is 1.64. The van der Waals surface area contributed by atoms with E-state index >= 15 is 0 Å². The Hall–Kier alpha value is -2.96. The number of aromatic nitrogens is 4. The summed E-state index contributed by atoms with van der Waals surface area (Å²) < 4.78 is 7.29. The number of carbonyl (C=O) groups excluding carboxylic acids is 1. The maximum atomic E-state index is 12.2. The van der Waals surface area contributed by atoms with Gasteiger partial charge in [-0.15, -0.1) is 5.10 Å². The number of anilines is 1. The summed E-state index contributed by atoms with van der Waals surface area (Å²) in [6, 6.07) is 10.1. The zero-order valence-electron chi connectivity index (χ0n) is 15.5. The van der Waals surface area contributed by atoms with Gasteiger partial charge in [-0.25, -0.2) is 0 Å². The molecule has 0 unspecified atom stereocenters. The summed E-state index contributed by atoms with van der Waals surface area (Å²) in [5.41, 5.74) is 3.62. The van der Waals surface area contributed by atoms with Gasteiger partial charge in [0.25, 0.3) is 5.91 Å². The Bertz CT molecular complexity index is 893. The Labute approximate surface area is 152 Å². The molecule has 0 bridgehead atoms. The zero-order valence-corrected chi connectivity index (χ0v) is 15.5. The predicted molar refractivity (Wildman–Crippen MR) is 98.2 cm³/mol. The van der Waals surface area contributed by atoms with Crippen molar-refractivity contribution in [1.82, 2.24) is 20.0 Å². The van der Waals surface area contributed by atoms with Gasteiger partial charge in [-0.2, -0.15) is 5.10 Å². The highest BCUT2D eigenvalue weighted by Gasteiger charge is 2.15. The zero-order chi connectivity index (χ0) is 18.7. The van der Waals surface area contributed by atoms with E-state index in [9.17, 15) is 4.79 Å². The van der Waals surface area contributed by atoms with Crippen molar-refractivity contribution in [3.05, 3.63) is 58.7 Å². The molecule has 136 valence electrons. The second-order valence-electron chi connectivity index (χ2n) is 6.51. The SMILES string of the molecule is CCn1nc(C(=O)Nc2nnc(Cc3ccc(C(C)C)cc3)o2)cc1C. The molecule has 7 heteroatoms. The number of carbonyl (C=O) groups is 1. The van der Waals surface area contributed by atoms with Crippen LogP contribution in [0.2, 0.25) is 0 Å². The average Bonchev–Trinajstić information content (AvgIpc) is 3.21. The van der Waals surface area contributed by atoms with Gasteiger partial charge in [-0.1, -0.05) is 43.2 Å². The van der Waals surface area contributed by atoms with E-state index in [1.165, 1.54) is 5.56 Å². The second-order valence-corrected chi connectivity index (χ2v) is 6.51. The van der Waals surface area contributed by atoms with Crippen LogP contribution in [0.3, 0.4) is 0 Å². The Morgan fingerprint density at radius 2 is 1.96 bits per heavy atom. The fourth-order valence-corrected chi connectivity index (χ4v) is 2.67. The molecule has 3 aromatic rings. The summed E-state index contributed by atoms with van der Waals surface area (Å²) in [6.45, 7) is 8.90. The van der Waals surface area contributed by atoms with Crippen molar-refractivity contribution >= 4 is 11.9 Å². The van der Waals surface area contributed by atoms with Gasteiger partial charge in [-0.3, -0.25) is 14.8 Å². The van der Waals surface area contributed by atoms with Gasteiger partial charge in [0.1, 0.15) is 0 Å². The maximum Gasteiger partial charge on any atom is 0.322 e. The van der Waals surface area contributed by atoms with Gasteiger partial charge in [0.05, 0.1) is 6.42 Å². The minimum atomic E-state index is -0.364. The number of hydrogen-bond donors (Lipinski definition) is 1. The molecule has 1 aromatic carbocycles. The minimum absolute atomic E-state index is 0.0764. The second kappa shape index (κ2) is 7.51. The van der Waals surface area contributed by atoms with Crippen LogP contribution in [-0.2, 0) is 13.0 Å². The maximum absolute atomic E-state index is 12.2. The molecule has 0 spiro atoms. The van der Waals surface area contributed by atoms with Crippen LogP contribution in [0.15, 0.2) is 34.7 Å². The highest BCUT2D eigenvalue weighted by atomic mass is 16.4. The van der Waals surface area contributed by atoms with E-state index in [1.807, 2.05) is 13.8 Å². The lowest BCUT2D eigenvalue weighted by Crippen LogP contribution is -2.13. The number of benzene rings is 1. The number of nitrogens with zero attached hydrogens (tertiary/aromatic N) is 4. The third kappa shape index (κ3) is 3.99. The van der Waals surface area contributed by atoms with Crippen LogP contribution in [0.4, 0.5) is 6.01 Å². The van der Waals surface area contributed by atoms with E-state index < -0.39 is 0 Å². The largest absolute Gasteiger partial charge is 0.407 e. The first-order valence-electron chi connectivity index (χ1n) is 8.73. The molecule has 0 atom stereocenters. The molecule has 7 nitrogen and oxygen atoms in total.